The average Bonchev–Trinajstić information content (AvgIpc) is 3.38. The zero-order valence-corrected chi connectivity index (χ0v) is 44.7. The highest BCUT2D eigenvalue weighted by Gasteiger charge is 2.70. The molecule has 21 nitrogen and oxygen atoms in total. The molecule has 0 amide bonds. The summed E-state index contributed by atoms with van der Waals surface area (Å²) in [5, 5.41) is 140. The van der Waals surface area contributed by atoms with Gasteiger partial charge in [0.1, 0.15) is 91.6 Å². The number of allylic oxidation sites excluding steroid dienone is 2. The molecule has 21 heteroatoms. The summed E-state index contributed by atoms with van der Waals surface area (Å²) in [5.41, 5.74) is -0.806. The Morgan fingerprint density at radius 1 is 0.600 bits per heavy atom. The van der Waals surface area contributed by atoms with E-state index in [0.29, 0.717) is 25.7 Å². The van der Waals surface area contributed by atoms with Gasteiger partial charge in [-0.3, -0.25) is 4.79 Å². The molecule has 0 aromatic carbocycles. The molecule has 8 fully saturated rings. The molecular formula is C54H88O21. The van der Waals surface area contributed by atoms with Gasteiger partial charge in [-0.25, -0.2) is 0 Å². The van der Waals surface area contributed by atoms with E-state index in [-0.39, 0.29) is 50.7 Å². The number of carbonyl (C=O) groups excluding carboxylic acids is 1. The van der Waals surface area contributed by atoms with Crippen LogP contribution >= 0.6 is 0 Å². The highest BCUT2D eigenvalue weighted by atomic mass is 16.8. The Morgan fingerprint density at radius 2 is 1.20 bits per heavy atom. The molecule has 0 aromatic rings. The van der Waals surface area contributed by atoms with Crippen molar-refractivity contribution in [2.75, 3.05) is 19.8 Å². The first-order valence-electron chi connectivity index (χ1n) is 27.5. The van der Waals surface area contributed by atoms with Gasteiger partial charge in [0.05, 0.1) is 37.4 Å². The summed E-state index contributed by atoms with van der Waals surface area (Å²) in [7, 11) is 0. The Balaban J connectivity index is 0.902. The Morgan fingerprint density at radius 3 is 1.88 bits per heavy atom. The van der Waals surface area contributed by atoms with E-state index in [9.17, 15) is 66.4 Å². The minimum Gasteiger partial charge on any atom is -0.432 e. The van der Waals surface area contributed by atoms with Crippen molar-refractivity contribution in [3.63, 3.8) is 0 Å². The van der Waals surface area contributed by atoms with Gasteiger partial charge in [-0.15, -0.1) is 0 Å². The third kappa shape index (κ3) is 9.32. The molecule has 4 heterocycles. The highest BCUT2D eigenvalue weighted by molar-refractivity contribution is 5.79. The molecule has 9 aliphatic rings. The minimum atomic E-state index is -1.87. The summed E-state index contributed by atoms with van der Waals surface area (Å²) in [6.07, 6.45) is -20.6. The first kappa shape index (κ1) is 58.1. The van der Waals surface area contributed by atoms with Crippen molar-refractivity contribution in [2.24, 2.45) is 56.2 Å². The van der Waals surface area contributed by atoms with Gasteiger partial charge in [-0.1, -0.05) is 60.1 Å². The van der Waals surface area contributed by atoms with Crippen molar-refractivity contribution in [1.82, 2.24) is 0 Å². The molecule has 9 rings (SSSR count). The van der Waals surface area contributed by atoms with Crippen molar-refractivity contribution < 1.29 is 104 Å². The summed E-state index contributed by atoms with van der Waals surface area (Å²) < 4.78 is 41.1. The number of fused-ring (bicyclic) bond motifs is 7. The van der Waals surface area contributed by atoms with E-state index in [2.05, 4.69) is 54.5 Å². The Labute approximate surface area is 439 Å². The predicted octanol–water partition coefficient (Wildman–Crippen LogP) is -0.734. The van der Waals surface area contributed by atoms with Crippen LogP contribution in [0.15, 0.2) is 11.6 Å². The SMILES string of the molecule is C[C@@H]1O[C@@H](O[C@H]2[C@H](O)[C@@H](O)[C@H](OC[C@H]3O[C@@H](OC(=O)[C@]45CCC(C)(C)C[C@H]4C4=CC[C@@H]6[C@@]7(C)CC[C@H]([C@@H]8O[C@H](CO)[C@@H](O)[C@H](O)[C@H]8O)C(C)(C)[C@@H]7CC[C@@]6(C)[C@]4(C)CC5)[C@H](O)[C@@H](O)[C@@H]3O)O[C@@H]2CO)[C@H](O)[C@H](O)[C@H]1O. The lowest BCUT2D eigenvalue weighted by molar-refractivity contribution is -0.361. The molecule has 75 heavy (non-hydrogen) atoms. The van der Waals surface area contributed by atoms with Gasteiger partial charge in [-0.05, 0) is 122 Å². The van der Waals surface area contributed by atoms with Crippen LogP contribution in [-0.4, -0.2) is 215 Å². The molecule has 0 radical (unpaired) electrons. The third-order valence-corrected chi connectivity index (χ3v) is 21.7. The summed E-state index contributed by atoms with van der Waals surface area (Å²) in [4.78, 5) is 15.1. The van der Waals surface area contributed by atoms with Crippen molar-refractivity contribution in [3.05, 3.63) is 11.6 Å². The molecule has 0 aromatic heterocycles. The molecular weight excluding hydrogens is 985 g/mol. The number of aliphatic hydroxyl groups is 13. The standard InChI is InChI=1S/C54H88O21/c1-23-32(57)35(60)40(65)46(70-23)74-44-28(21-56)72-45(42(67)39(44)64)69-22-29-34(59)37(62)41(66)47(73-29)75-48(68)54-17-15-49(2,3)19-26(54)24-9-10-31-51(6)13-11-25(43-38(63)36(61)33(58)27(20-55)71-43)50(4,5)30(51)12-14-53(31,8)52(24,7)16-18-54/h9,23,25-47,55-67H,10-22H2,1-8H3/t23-,25+,26-,27+,28+,29+,30-,31+,32-,33+,34+,35+,36-,37-,38+,39+,40+,41+,42+,43-,44+,45+,46-,47-,51-,52+,53+,54-/m0/s1. The van der Waals surface area contributed by atoms with Crippen LogP contribution < -0.4 is 0 Å². The van der Waals surface area contributed by atoms with E-state index < -0.39 is 154 Å². The lowest BCUT2D eigenvalue weighted by atomic mass is 9.33. The first-order valence-corrected chi connectivity index (χ1v) is 27.5. The summed E-state index contributed by atoms with van der Waals surface area (Å²) >= 11 is 0. The van der Waals surface area contributed by atoms with E-state index >= 15 is 4.79 Å². The number of aliphatic hydroxyl groups excluding tert-OH is 13. The van der Waals surface area contributed by atoms with Crippen LogP contribution in [-0.2, 0) is 38.0 Å². The molecule has 5 aliphatic carbocycles. The second-order valence-corrected chi connectivity index (χ2v) is 26.4. The van der Waals surface area contributed by atoms with Crippen LogP contribution in [0.5, 0.6) is 0 Å². The van der Waals surface area contributed by atoms with E-state index in [1.54, 1.807) is 0 Å². The number of ether oxygens (including phenoxy) is 7. The van der Waals surface area contributed by atoms with Crippen LogP contribution in [0.3, 0.4) is 0 Å². The molecule has 430 valence electrons. The van der Waals surface area contributed by atoms with E-state index in [1.165, 1.54) is 12.5 Å². The normalized spacial score (nSPS) is 54.5. The Bertz CT molecular complexity index is 2070. The Kier molecular flexibility index (Phi) is 16.1. The minimum absolute atomic E-state index is 0.116. The van der Waals surface area contributed by atoms with Gasteiger partial charge < -0.3 is 99.5 Å². The lowest BCUT2D eigenvalue weighted by Crippen LogP contribution is -2.67. The third-order valence-electron chi connectivity index (χ3n) is 21.7. The fourth-order valence-electron chi connectivity index (χ4n) is 16.9. The number of hydrogen-bond acceptors (Lipinski definition) is 21. The monoisotopic (exact) mass is 1070 g/mol. The molecule has 4 saturated carbocycles. The largest absolute Gasteiger partial charge is 0.432 e. The highest BCUT2D eigenvalue weighted by Crippen LogP contribution is 2.76. The number of hydrogen-bond donors (Lipinski definition) is 13. The fraction of sp³-hybridized carbons (Fsp3) is 0.944. The van der Waals surface area contributed by atoms with E-state index in [0.717, 1.165) is 38.5 Å². The van der Waals surface area contributed by atoms with Gasteiger partial charge in [0.25, 0.3) is 0 Å². The fourth-order valence-corrected chi connectivity index (χ4v) is 16.9. The zero-order valence-electron chi connectivity index (χ0n) is 44.7. The predicted molar refractivity (Wildman–Crippen MR) is 260 cm³/mol. The molecule has 4 saturated heterocycles. The molecule has 0 spiro atoms. The van der Waals surface area contributed by atoms with Gasteiger partial charge in [0, 0.05) is 0 Å². The Hall–Kier alpha value is -1.55. The van der Waals surface area contributed by atoms with Crippen LogP contribution in [0, 0.1) is 56.2 Å². The van der Waals surface area contributed by atoms with E-state index in [1.807, 2.05) is 0 Å². The van der Waals surface area contributed by atoms with E-state index in [4.69, 9.17) is 33.2 Å². The maximum Gasteiger partial charge on any atom is 0.315 e. The van der Waals surface area contributed by atoms with Crippen LogP contribution in [0.1, 0.15) is 120 Å². The van der Waals surface area contributed by atoms with Crippen molar-refractivity contribution in [1.29, 1.82) is 0 Å². The van der Waals surface area contributed by atoms with Gasteiger partial charge >= 0.3 is 5.97 Å². The van der Waals surface area contributed by atoms with Gasteiger partial charge in [0.15, 0.2) is 12.6 Å². The summed E-state index contributed by atoms with van der Waals surface area (Å²) in [6.45, 7) is 15.7. The number of rotatable bonds is 10. The second-order valence-electron chi connectivity index (χ2n) is 26.4. The lowest BCUT2D eigenvalue weighted by Gasteiger charge is -2.72. The van der Waals surface area contributed by atoms with Gasteiger partial charge in [-0.2, -0.15) is 0 Å². The van der Waals surface area contributed by atoms with Crippen molar-refractivity contribution >= 4 is 5.97 Å². The molecule has 28 atom stereocenters. The van der Waals surface area contributed by atoms with Crippen LogP contribution in [0.4, 0.5) is 0 Å². The topological polar surface area (TPSA) is 345 Å². The number of carbonyl (C=O) groups is 1. The number of esters is 1. The average molecular weight is 1070 g/mol. The van der Waals surface area contributed by atoms with Crippen LogP contribution in [0.25, 0.3) is 0 Å². The smallest absolute Gasteiger partial charge is 0.315 e. The van der Waals surface area contributed by atoms with Crippen molar-refractivity contribution in [3.8, 4) is 0 Å². The maximum absolute atomic E-state index is 15.1. The molecule has 0 bridgehead atoms. The maximum atomic E-state index is 15.1. The second kappa shape index (κ2) is 20.8. The first-order chi connectivity index (χ1) is 35.0. The van der Waals surface area contributed by atoms with Crippen molar-refractivity contribution in [2.45, 2.75) is 242 Å². The zero-order chi connectivity index (χ0) is 54.9. The molecule has 4 aliphatic heterocycles. The van der Waals surface area contributed by atoms with Gasteiger partial charge in [0.2, 0.25) is 6.29 Å². The van der Waals surface area contributed by atoms with Crippen LogP contribution in [0.2, 0.25) is 0 Å². The summed E-state index contributed by atoms with van der Waals surface area (Å²) in [5.74, 6) is -0.434. The quantitative estimate of drug-likeness (QED) is 0.0947. The summed E-state index contributed by atoms with van der Waals surface area (Å²) in [6, 6.07) is 0. The molecule has 0 unspecified atom stereocenters. The molecule has 13 N–H and O–H groups in total.